The average molecular weight is 286 g/mol. The first-order valence-corrected chi connectivity index (χ1v) is 6.35. The number of benzene rings is 1. The summed E-state index contributed by atoms with van der Waals surface area (Å²) in [4.78, 5) is 0. The topological polar surface area (TPSA) is 44.5 Å². The first-order chi connectivity index (χ1) is 7.77. The molecule has 0 saturated carbocycles. The Labute approximate surface area is 104 Å². The molecule has 1 aromatic carbocycles. The summed E-state index contributed by atoms with van der Waals surface area (Å²) in [5, 5.41) is 0. The van der Waals surface area contributed by atoms with Crippen molar-refractivity contribution in [2.45, 2.75) is 25.4 Å². The Balaban J connectivity index is 1.82. The van der Waals surface area contributed by atoms with Crippen LogP contribution in [0.25, 0.3) is 0 Å². The van der Waals surface area contributed by atoms with E-state index in [0.29, 0.717) is 18.4 Å². The highest BCUT2D eigenvalue weighted by Gasteiger charge is 2.15. The lowest BCUT2D eigenvalue weighted by atomic mass is 10.2. The van der Waals surface area contributed by atoms with E-state index in [4.69, 9.17) is 15.2 Å². The summed E-state index contributed by atoms with van der Waals surface area (Å²) >= 11 is 3.41. The van der Waals surface area contributed by atoms with E-state index >= 15 is 0 Å². The van der Waals surface area contributed by atoms with Crippen LogP contribution in [0.4, 0.5) is 5.69 Å². The molecular weight excluding hydrogens is 270 g/mol. The van der Waals surface area contributed by atoms with Gasteiger partial charge in [0.05, 0.1) is 17.2 Å². The zero-order valence-electron chi connectivity index (χ0n) is 9.12. The molecule has 0 amide bonds. The number of ether oxygens (including phenoxy) is 2. The van der Waals surface area contributed by atoms with E-state index in [9.17, 15) is 0 Å². The largest absolute Gasteiger partial charge is 0.492 e. The van der Waals surface area contributed by atoms with E-state index in [1.807, 2.05) is 18.2 Å². The Kier molecular flexibility index (Phi) is 4.07. The highest BCUT2D eigenvalue weighted by Crippen LogP contribution is 2.30. The third-order valence-electron chi connectivity index (χ3n) is 2.71. The normalized spacial score (nSPS) is 19.9. The number of hydrogen-bond donors (Lipinski definition) is 1. The SMILES string of the molecule is Nc1cccc(OCCC2CCCO2)c1Br. The fraction of sp³-hybridized carbons (Fsp3) is 0.500. The highest BCUT2D eigenvalue weighted by molar-refractivity contribution is 9.10. The van der Waals surface area contributed by atoms with Crippen LogP contribution >= 0.6 is 15.9 Å². The van der Waals surface area contributed by atoms with Gasteiger partial charge in [0.2, 0.25) is 0 Å². The first kappa shape index (κ1) is 11.7. The lowest BCUT2D eigenvalue weighted by Gasteiger charge is -2.12. The van der Waals surface area contributed by atoms with E-state index in [0.717, 1.165) is 29.7 Å². The molecule has 0 aliphatic carbocycles. The standard InChI is InChI=1S/C12H16BrNO2/c13-12-10(14)4-1-5-11(12)16-8-6-9-3-2-7-15-9/h1,4-5,9H,2-3,6-8,14H2. The Morgan fingerprint density at radius 3 is 3.12 bits per heavy atom. The molecule has 4 heteroatoms. The van der Waals surface area contributed by atoms with Gasteiger partial charge in [-0.05, 0) is 40.9 Å². The van der Waals surface area contributed by atoms with Crippen LogP contribution in [-0.4, -0.2) is 19.3 Å². The lowest BCUT2D eigenvalue weighted by molar-refractivity contribution is 0.0902. The van der Waals surface area contributed by atoms with E-state index in [1.54, 1.807) is 0 Å². The van der Waals surface area contributed by atoms with Gasteiger partial charge in [-0.15, -0.1) is 0 Å². The van der Waals surface area contributed by atoms with Crippen LogP contribution < -0.4 is 10.5 Å². The zero-order chi connectivity index (χ0) is 11.4. The van der Waals surface area contributed by atoms with Gasteiger partial charge in [-0.25, -0.2) is 0 Å². The maximum absolute atomic E-state index is 5.76. The predicted octanol–water partition coefficient (Wildman–Crippen LogP) is 2.98. The fourth-order valence-electron chi connectivity index (χ4n) is 1.81. The maximum atomic E-state index is 5.76. The smallest absolute Gasteiger partial charge is 0.135 e. The molecule has 1 heterocycles. The van der Waals surface area contributed by atoms with Crippen molar-refractivity contribution in [1.82, 2.24) is 0 Å². The number of hydrogen-bond acceptors (Lipinski definition) is 3. The molecule has 0 bridgehead atoms. The fourth-order valence-corrected chi connectivity index (χ4v) is 2.19. The summed E-state index contributed by atoms with van der Waals surface area (Å²) in [6.07, 6.45) is 3.65. The summed E-state index contributed by atoms with van der Waals surface area (Å²) in [6.45, 7) is 1.57. The maximum Gasteiger partial charge on any atom is 0.135 e. The number of rotatable bonds is 4. The van der Waals surface area contributed by atoms with Crippen molar-refractivity contribution in [3.8, 4) is 5.75 Å². The van der Waals surface area contributed by atoms with Crippen LogP contribution in [0, 0.1) is 0 Å². The number of nitrogen functional groups attached to an aromatic ring is 1. The molecule has 88 valence electrons. The summed E-state index contributed by atoms with van der Waals surface area (Å²) in [6, 6.07) is 5.65. The molecule has 2 rings (SSSR count). The first-order valence-electron chi connectivity index (χ1n) is 5.56. The minimum absolute atomic E-state index is 0.375. The van der Waals surface area contributed by atoms with Gasteiger partial charge < -0.3 is 15.2 Å². The zero-order valence-corrected chi connectivity index (χ0v) is 10.7. The molecule has 1 unspecified atom stereocenters. The van der Waals surface area contributed by atoms with Crippen LogP contribution in [0.5, 0.6) is 5.75 Å². The van der Waals surface area contributed by atoms with Crippen molar-refractivity contribution in [3.05, 3.63) is 22.7 Å². The molecule has 16 heavy (non-hydrogen) atoms. The third-order valence-corrected chi connectivity index (χ3v) is 3.56. The van der Waals surface area contributed by atoms with Crippen LogP contribution in [0.15, 0.2) is 22.7 Å². The number of nitrogens with two attached hydrogens (primary N) is 1. The molecule has 1 saturated heterocycles. The van der Waals surface area contributed by atoms with E-state index in [1.165, 1.54) is 6.42 Å². The van der Waals surface area contributed by atoms with Crippen LogP contribution in [-0.2, 0) is 4.74 Å². The minimum atomic E-state index is 0.375. The monoisotopic (exact) mass is 285 g/mol. The van der Waals surface area contributed by atoms with Crippen molar-refractivity contribution >= 4 is 21.6 Å². The lowest BCUT2D eigenvalue weighted by Crippen LogP contribution is -2.11. The number of anilines is 1. The molecule has 1 aliphatic heterocycles. The van der Waals surface area contributed by atoms with Crippen molar-refractivity contribution in [3.63, 3.8) is 0 Å². The number of halogens is 1. The summed E-state index contributed by atoms with van der Waals surface area (Å²) in [5.74, 6) is 0.804. The molecule has 0 spiro atoms. The third kappa shape index (κ3) is 2.89. The molecule has 1 aromatic rings. The highest BCUT2D eigenvalue weighted by atomic mass is 79.9. The summed E-state index contributed by atoms with van der Waals surface area (Å²) in [5.41, 5.74) is 6.47. The van der Waals surface area contributed by atoms with Crippen molar-refractivity contribution < 1.29 is 9.47 Å². The summed E-state index contributed by atoms with van der Waals surface area (Å²) < 4.78 is 12.0. The van der Waals surface area contributed by atoms with Gasteiger partial charge in [0.25, 0.3) is 0 Å². The quantitative estimate of drug-likeness (QED) is 0.865. The molecular formula is C12H16BrNO2. The second-order valence-corrected chi connectivity index (χ2v) is 4.72. The van der Waals surface area contributed by atoms with Gasteiger partial charge in [-0.2, -0.15) is 0 Å². The van der Waals surface area contributed by atoms with E-state index < -0.39 is 0 Å². The van der Waals surface area contributed by atoms with Crippen LogP contribution in [0.2, 0.25) is 0 Å². The molecule has 3 nitrogen and oxygen atoms in total. The Hall–Kier alpha value is -0.740. The Morgan fingerprint density at radius 2 is 2.38 bits per heavy atom. The molecule has 1 fully saturated rings. The van der Waals surface area contributed by atoms with E-state index in [2.05, 4.69) is 15.9 Å². The van der Waals surface area contributed by atoms with E-state index in [-0.39, 0.29) is 0 Å². The van der Waals surface area contributed by atoms with Gasteiger partial charge in [-0.1, -0.05) is 6.07 Å². The second-order valence-electron chi connectivity index (χ2n) is 3.93. The van der Waals surface area contributed by atoms with Gasteiger partial charge >= 0.3 is 0 Å². The Bertz CT molecular complexity index is 351. The molecule has 0 radical (unpaired) electrons. The van der Waals surface area contributed by atoms with Gasteiger partial charge in [0, 0.05) is 18.7 Å². The van der Waals surface area contributed by atoms with Crippen molar-refractivity contribution in [2.24, 2.45) is 0 Å². The predicted molar refractivity (Wildman–Crippen MR) is 67.6 cm³/mol. The summed E-state index contributed by atoms with van der Waals surface area (Å²) in [7, 11) is 0. The minimum Gasteiger partial charge on any atom is -0.492 e. The van der Waals surface area contributed by atoms with Crippen molar-refractivity contribution in [2.75, 3.05) is 18.9 Å². The molecule has 1 atom stereocenters. The molecule has 0 aromatic heterocycles. The molecule has 2 N–H and O–H groups in total. The van der Waals surface area contributed by atoms with Gasteiger partial charge in [-0.3, -0.25) is 0 Å². The van der Waals surface area contributed by atoms with Crippen LogP contribution in [0.1, 0.15) is 19.3 Å². The van der Waals surface area contributed by atoms with Crippen LogP contribution in [0.3, 0.4) is 0 Å². The Morgan fingerprint density at radius 1 is 1.50 bits per heavy atom. The second kappa shape index (κ2) is 5.55. The van der Waals surface area contributed by atoms with Gasteiger partial charge in [0.15, 0.2) is 0 Å². The van der Waals surface area contributed by atoms with Crippen molar-refractivity contribution in [1.29, 1.82) is 0 Å². The molecule has 1 aliphatic rings. The van der Waals surface area contributed by atoms with Gasteiger partial charge in [0.1, 0.15) is 5.75 Å². The average Bonchev–Trinajstić information content (AvgIpc) is 2.77.